The first-order valence-electron chi connectivity index (χ1n) is 11.7. The summed E-state index contributed by atoms with van der Waals surface area (Å²) in [6, 6.07) is 21.5. The first-order valence-corrected chi connectivity index (χ1v) is 12.8. The number of nitrogens with one attached hydrogen (secondary N) is 2. The molecule has 0 saturated carbocycles. The van der Waals surface area contributed by atoms with Gasteiger partial charge in [0.2, 0.25) is 0 Å². The lowest BCUT2D eigenvalue weighted by atomic mass is 9.94. The van der Waals surface area contributed by atoms with Crippen LogP contribution in [-0.2, 0) is 22.5 Å². The molecule has 8 heteroatoms. The number of hydrogen-bond acceptors (Lipinski definition) is 7. The van der Waals surface area contributed by atoms with E-state index < -0.39 is 16.1 Å². The summed E-state index contributed by atoms with van der Waals surface area (Å²) in [5.74, 6) is 0.783. The van der Waals surface area contributed by atoms with Gasteiger partial charge in [-0.1, -0.05) is 47.6 Å². The highest BCUT2D eigenvalue weighted by Crippen LogP contribution is 2.35. The second-order valence-electron chi connectivity index (χ2n) is 9.30. The maximum Gasteiger partial charge on any atom is 0.167 e. The maximum absolute atomic E-state index is 13.2. The Labute approximate surface area is 209 Å². The molecule has 2 N–H and O–H groups in total. The number of benzene rings is 2. The Morgan fingerprint density at radius 3 is 2.60 bits per heavy atom. The second kappa shape index (κ2) is 11.2. The largest absolute Gasteiger partial charge is 0.598 e. The minimum absolute atomic E-state index is 0.261. The van der Waals surface area contributed by atoms with Gasteiger partial charge in [-0.25, -0.2) is 4.98 Å². The number of rotatable bonds is 10. The third-order valence-corrected chi connectivity index (χ3v) is 7.22. The van der Waals surface area contributed by atoms with Crippen LogP contribution < -0.4 is 10.0 Å². The number of hydrogen-bond donors (Lipinski definition) is 2. The number of nitrogens with zero attached hydrogens (tertiary/aromatic N) is 2. The van der Waals surface area contributed by atoms with Crippen molar-refractivity contribution in [2.45, 2.75) is 38.0 Å². The van der Waals surface area contributed by atoms with Crippen molar-refractivity contribution < 1.29 is 13.8 Å². The molecule has 2 atom stereocenters. The van der Waals surface area contributed by atoms with Gasteiger partial charge < -0.3 is 19.1 Å². The van der Waals surface area contributed by atoms with E-state index in [-0.39, 0.29) is 6.04 Å². The molecule has 184 valence electrons. The summed E-state index contributed by atoms with van der Waals surface area (Å²) in [6.45, 7) is 7.15. The summed E-state index contributed by atoms with van der Waals surface area (Å²) in [5, 5.41) is 8.61. The molecular formula is C27H32N4O3S. The van der Waals surface area contributed by atoms with Gasteiger partial charge in [-0.15, -0.1) is 4.72 Å². The van der Waals surface area contributed by atoms with Gasteiger partial charge in [-0.3, -0.25) is 0 Å². The number of para-hydroxylation sites is 1. The summed E-state index contributed by atoms with van der Waals surface area (Å²) in [7, 11) is 1.67. The van der Waals surface area contributed by atoms with E-state index in [4.69, 9.17) is 14.2 Å². The summed E-state index contributed by atoms with van der Waals surface area (Å²) in [4.78, 5) is 4.78. The fraction of sp³-hybridized carbons (Fsp3) is 0.333. The molecule has 2 unspecified atom stereocenters. The molecule has 0 aliphatic heterocycles. The van der Waals surface area contributed by atoms with Crippen LogP contribution in [0, 0.1) is 0 Å². The standard InChI is InChI=1S/C27H32N4O3S/c1-27(2,3)35(32)31-23(18-19-10-9-15-25(29-19)28-16-17-33-4)20-11-5-6-12-21(20)26-22-13-7-8-14-24(22)34-30-26/h5-15,23,31H,16-18H2,1-4H3,(H,28,29). The van der Waals surface area contributed by atoms with Crippen molar-refractivity contribution in [2.75, 3.05) is 25.6 Å². The van der Waals surface area contributed by atoms with Crippen LogP contribution in [0.5, 0.6) is 0 Å². The van der Waals surface area contributed by atoms with Gasteiger partial charge in [0, 0.05) is 48.1 Å². The molecule has 35 heavy (non-hydrogen) atoms. The van der Waals surface area contributed by atoms with E-state index in [1.807, 2.05) is 81.4 Å². The Morgan fingerprint density at radius 2 is 1.80 bits per heavy atom. The van der Waals surface area contributed by atoms with E-state index in [0.29, 0.717) is 19.6 Å². The SMILES string of the molecule is COCCNc1cccc(CC(N[S+]([O-])C(C)(C)C)c2ccccc2-c2noc3ccccc23)n1. The number of pyridine rings is 1. The summed E-state index contributed by atoms with van der Waals surface area (Å²) < 4.78 is 26.9. The molecule has 7 nitrogen and oxygen atoms in total. The highest BCUT2D eigenvalue weighted by atomic mass is 32.2. The van der Waals surface area contributed by atoms with Crippen molar-refractivity contribution in [3.63, 3.8) is 0 Å². The number of ether oxygens (including phenoxy) is 1. The number of methoxy groups -OCH3 is 1. The van der Waals surface area contributed by atoms with Crippen molar-refractivity contribution in [3.05, 3.63) is 78.0 Å². The molecule has 0 aliphatic rings. The van der Waals surface area contributed by atoms with Gasteiger partial charge in [0.25, 0.3) is 0 Å². The van der Waals surface area contributed by atoms with Gasteiger partial charge in [0.15, 0.2) is 5.58 Å². The third kappa shape index (κ3) is 6.21. The smallest absolute Gasteiger partial charge is 0.167 e. The first-order chi connectivity index (χ1) is 16.9. The molecule has 0 amide bonds. The van der Waals surface area contributed by atoms with E-state index >= 15 is 0 Å². The Morgan fingerprint density at radius 1 is 1.03 bits per heavy atom. The van der Waals surface area contributed by atoms with Crippen molar-refractivity contribution in [1.29, 1.82) is 0 Å². The molecule has 4 rings (SSSR count). The fourth-order valence-electron chi connectivity index (χ4n) is 3.80. The van der Waals surface area contributed by atoms with E-state index in [0.717, 1.165) is 39.3 Å². The summed E-state index contributed by atoms with van der Waals surface area (Å²) >= 11 is -1.29. The highest BCUT2D eigenvalue weighted by Gasteiger charge is 2.31. The minimum atomic E-state index is -1.29. The molecule has 2 aromatic carbocycles. The number of aromatic nitrogens is 2. The monoisotopic (exact) mass is 492 g/mol. The number of fused-ring (bicyclic) bond motifs is 1. The zero-order valence-corrected chi connectivity index (χ0v) is 21.4. The predicted octanol–water partition coefficient (Wildman–Crippen LogP) is 5.28. The average molecular weight is 493 g/mol. The average Bonchev–Trinajstić information content (AvgIpc) is 3.27. The molecule has 0 spiro atoms. The Balaban J connectivity index is 1.71. The number of anilines is 1. The molecule has 0 bridgehead atoms. The second-order valence-corrected chi connectivity index (χ2v) is 11.3. The quantitative estimate of drug-likeness (QED) is 0.230. The zero-order valence-electron chi connectivity index (χ0n) is 20.6. The van der Waals surface area contributed by atoms with Gasteiger partial charge in [0.1, 0.15) is 16.3 Å². The molecule has 0 radical (unpaired) electrons. The lowest BCUT2D eigenvalue weighted by Crippen LogP contribution is -2.42. The molecule has 2 aromatic heterocycles. The summed E-state index contributed by atoms with van der Waals surface area (Å²) in [5.41, 5.74) is 4.32. The van der Waals surface area contributed by atoms with Gasteiger partial charge in [-0.2, -0.15) is 0 Å². The minimum Gasteiger partial charge on any atom is -0.598 e. The fourth-order valence-corrected chi connectivity index (χ4v) is 4.62. The van der Waals surface area contributed by atoms with Gasteiger partial charge >= 0.3 is 0 Å². The zero-order chi connectivity index (χ0) is 24.8. The van der Waals surface area contributed by atoms with Crippen LogP contribution in [-0.4, -0.2) is 39.7 Å². The van der Waals surface area contributed by atoms with E-state index in [1.54, 1.807) is 7.11 Å². The van der Waals surface area contributed by atoms with Crippen molar-refractivity contribution >= 4 is 28.1 Å². The Kier molecular flexibility index (Phi) is 8.07. The van der Waals surface area contributed by atoms with Gasteiger partial charge in [-0.05, 0) is 50.6 Å². The molecule has 0 fully saturated rings. The topological polar surface area (TPSA) is 95.3 Å². The Bertz CT molecular complexity index is 1250. The van der Waals surface area contributed by atoms with Crippen LogP contribution in [0.3, 0.4) is 0 Å². The summed E-state index contributed by atoms with van der Waals surface area (Å²) in [6.07, 6.45) is 0.550. The highest BCUT2D eigenvalue weighted by molar-refractivity contribution is 7.90. The first kappa shape index (κ1) is 25.2. The molecule has 2 heterocycles. The van der Waals surface area contributed by atoms with E-state index in [2.05, 4.69) is 21.3 Å². The van der Waals surface area contributed by atoms with E-state index in [9.17, 15) is 4.55 Å². The predicted molar refractivity (Wildman–Crippen MR) is 142 cm³/mol. The molecular weight excluding hydrogens is 460 g/mol. The Hall–Kier alpha value is -2.91. The van der Waals surface area contributed by atoms with Crippen LogP contribution in [0.4, 0.5) is 5.82 Å². The van der Waals surface area contributed by atoms with Crippen molar-refractivity contribution in [2.24, 2.45) is 0 Å². The van der Waals surface area contributed by atoms with Gasteiger partial charge in [0.05, 0.1) is 12.6 Å². The van der Waals surface area contributed by atoms with Crippen LogP contribution in [0.2, 0.25) is 0 Å². The van der Waals surface area contributed by atoms with Crippen LogP contribution in [0.25, 0.3) is 22.2 Å². The van der Waals surface area contributed by atoms with Crippen molar-refractivity contribution in [3.8, 4) is 11.3 Å². The normalized spacial score (nSPS) is 13.6. The molecule has 4 aromatic rings. The van der Waals surface area contributed by atoms with Crippen LogP contribution in [0.1, 0.15) is 38.1 Å². The maximum atomic E-state index is 13.2. The lowest BCUT2D eigenvalue weighted by Gasteiger charge is -2.29. The van der Waals surface area contributed by atoms with Crippen molar-refractivity contribution in [1.82, 2.24) is 14.9 Å². The molecule has 0 saturated heterocycles. The van der Waals surface area contributed by atoms with E-state index in [1.165, 1.54) is 0 Å². The third-order valence-electron chi connectivity index (χ3n) is 5.61. The molecule has 0 aliphatic carbocycles. The lowest BCUT2D eigenvalue weighted by molar-refractivity contribution is 0.210. The van der Waals surface area contributed by atoms with Crippen LogP contribution in [0.15, 0.2) is 71.3 Å². The van der Waals surface area contributed by atoms with Crippen LogP contribution >= 0.6 is 0 Å².